The van der Waals surface area contributed by atoms with Gasteiger partial charge in [0.2, 0.25) is 0 Å². The highest BCUT2D eigenvalue weighted by Crippen LogP contribution is 2.36. The molecule has 1 atom stereocenters. The molecule has 1 aromatic carbocycles. The number of H-pyrrole nitrogens is 1. The Labute approximate surface area is 174 Å². The molecule has 1 unspecified atom stereocenters. The lowest BCUT2D eigenvalue weighted by Crippen LogP contribution is -2.24. The summed E-state index contributed by atoms with van der Waals surface area (Å²) in [6, 6.07) is 7.37. The number of halogens is 3. The van der Waals surface area contributed by atoms with E-state index < -0.39 is 22.7 Å². The number of nitrogens with zero attached hydrogens (tertiary/aromatic N) is 2. The van der Waals surface area contributed by atoms with Crippen molar-refractivity contribution in [1.82, 2.24) is 14.5 Å². The van der Waals surface area contributed by atoms with Crippen LogP contribution < -0.4 is 10.3 Å². The molecule has 1 aliphatic heterocycles. The van der Waals surface area contributed by atoms with Crippen molar-refractivity contribution >= 4 is 23.3 Å². The van der Waals surface area contributed by atoms with E-state index in [1.165, 1.54) is 11.7 Å². The van der Waals surface area contributed by atoms with Gasteiger partial charge in [-0.05, 0) is 55.4 Å². The van der Waals surface area contributed by atoms with Crippen LogP contribution in [-0.2, 0) is 17.5 Å². The van der Waals surface area contributed by atoms with Gasteiger partial charge >= 0.3 is 6.18 Å². The molecule has 6 nitrogen and oxygen atoms in total. The van der Waals surface area contributed by atoms with E-state index in [2.05, 4.69) is 9.97 Å². The first-order valence-electron chi connectivity index (χ1n) is 9.29. The number of nitrogens with one attached hydrogen (secondary N) is 1. The van der Waals surface area contributed by atoms with E-state index in [0.29, 0.717) is 17.9 Å². The predicted molar refractivity (Wildman–Crippen MR) is 107 cm³/mol. The number of aromatic amines is 1. The number of aromatic nitrogens is 3. The smallest absolute Gasteiger partial charge is 0.417 e. The Morgan fingerprint density at radius 1 is 1.33 bits per heavy atom. The van der Waals surface area contributed by atoms with Crippen LogP contribution in [0.15, 0.2) is 35.1 Å². The van der Waals surface area contributed by atoms with Gasteiger partial charge in [-0.25, -0.2) is 4.98 Å². The number of methoxy groups -OCH3 is 1. The van der Waals surface area contributed by atoms with Crippen molar-refractivity contribution in [3.63, 3.8) is 0 Å². The van der Waals surface area contributed by atoms with Crippen LogP contribution in [0.3, 0.4) is 0 Å². The van der Waals surface area contributed by atoms with Gasteiger partial charge in [-0.15, -0.1) is 0 Å². The van der Waals surface area contributed by atoms with E-state index >= 15 is 0 Å². The van der Waals surface area contributed by atoms with Gasteiger partial charge < -0.3 is 9.47 Å². The molecule has 0 aliphatic carbocycles. The summed E-state index contributed by atoms with van der Waals surface area (Å²) >= 11 is 5.25. The lowest BCUT2D eigenvalue weighted by atomic mass is 10.1. The average molecular weight is 437 g/mol. The fourth-order valence-corrected chi connectivity index (χ4v) is 3.82. The number of alkyl halides is 3. The summed E-state index contributed by atoms with van der Waals surface area (Å²) < 4.78 is 53.8. The molecule has 0 saturated carbocycles. The van der Waals surface area contributed by atoms with Crippen LogP contribution in [0, 0.1) is 4.77 Å². The van der Waals surface area contributed by atoms with Gasteiger partial charge in [0.25, 0.3) is 5.56 Å². The van der Waals surface area contributed by atoms with Crippen LogP contribution in [0.1, 0.15) is 18.4 Å². The Balaban J connectivity index is 1.99. The molecule has 0 bridgehead atoms. The minimum absolute atomic E-state index is 0.00973. The summed E-state index contributed by atoms with van der Waals surface area (Å²) in [5.41, 5.74) is -1.55. The minimum Gasteiger partial charge on any atom is -0.497 e. The van der Waals surface area contributed by atoms with E-state index in [-0.39, 0.29) is 28.8 Å². The van der Waals surface area contributed by atoms with Gasteiger partial charge in [0, 0.05) is 12.2 Å². The van der Waals surface area contributed by atoms with E-state index in [4.69, 9.17) is 21.7 Å². The number of ether oxygens (including phenoxy) is 2. The molecular weight excluding hydrogens is 419 g/mol. The van der Waals surface area contributed by atoms with Crippen LogP contribution in [0.25, 0.3) is 22.3 Å². The maximum absolute atomic E-state index is 13.9. The Kier molecular flexibility index (Phi) is 5.37. The second-order valence-electron chi connectivity index (χ2n) is 6.98. The van der Waals surface area contributed by atoms with Crippen molar-refractivity contribution in [3.8, 4) is 17.0 Å². The molecule has 0 radical (unpaired) electrons. The second-order valence-corrected chi connectivity index (χ2v) is 7.37. The highest BCUT2D eigenvalue weighted by Gasteiger charge is 2.35. The van der Waals surface area contributed by atoms with Crippen LogP contribution in [-0.4, -0.2) is 34.4 Å². The number of benzene rings is 1. The van der Waals surface area contributed by atoms with E-state index in [1.807, 2.05) is 0 Å². The van der Waals surface area contributed by atoms with Crippen molar-refractivity contribution in [3.05, 3.63) is 51.0 Å². The Hall–Kier alpha value is -2.72. The third kappa shape index (κ3) is 3.84. The molecule has 1 aliphatic rings. The van der Waals surface area contributed by atoms with Gasteiger partial charge in [0.1, 0.15) is 11.4 Å². The van der Waals surface area contributed by atoms with Crippen molar-refractivity contribution < 1.29 is 22.6 Å². The largest absolute Gasteiger partial charge is 0.497 e. The van der Waals surface area contributed by atoms with Crippen molar-refractivity contribution in [2.75, 3.05) is 13.7 Å². The number of pyridine rings is 1. The average Bonchev–Trinajstić information content (AvgIpc) is 3.23. The van der Waals surface area contributed by atoms with Gasteiger partial charge in [-0.2, -0.15) is 13.2 Å². The fraction of sp³-hybridized carbons (Fsp3) is 0.350. The van der Waals surface area contributed by atoms with Crippen LogP contribution in [0.2, 0.25) is 0 Å². The summed E-state index contributed by atoms with van der Waals surface area (Å²) in [6.45, 7) is 0.792. The Morgan fingerprint density at radius 2 is 2.07 bits per heavy atom. The second kappa shape index (κ2) is 7.84. The molecule has 3 heterocycles. The summed E-state index contributed by atoms with van der Waals surface area (Å²) in [7, 11) is 1.50. The lowest BCUT2D eigenvalue weighted by molar-refractivity contribution is -0.136. The predicted octanol–water partition coefficient (Wildman–Crippen LogP) is 4.33. The summed E-state index contributed by atoms with van der Waals surface area (Å²) in [6.07, 6.45) is -3.34. The van der Waals surface area contributed by atoms with Crippen LogP contribution in [0.4, 0.5) is 13.2 Å². The number of rotatable bonds is 4. The third-order valence-corrected chi connectivity index (χ3v) is 5.37. The minimum atomic E-state index is -4.75. The van der Waals surface area contributed by atoms with Gasteiger partial charge in [-0.1, -0.05) is 0 Å². The van der Waals surface area contributed by atoms with Crippen molar-refractivity contribution in [2.45, 2.75) is 31.7 Å². The number of hydrogen-bond acceptors (Lipinski definition) is 5. The zero-order chi connectivity index (χ0) is 21.5. The molecule has 1 N–H and O–H groups in total. The first-order chi connectivity index (χ1) is 14.3. The zero-order valence-electron chi connectivity index (χ0n) is 16.0. The third-order valence-electron chi connectivity index (χ3n) is 5.05. The fourth-order valence-electron chi connectivity index (χ4n) is 3.57. The Morgan fingerprint density at radius 3 is 2.67 bits per heavy atom. The number of hydrogen-bond donors (Lipinski definition) is 1. The topological polar surface area (TPSA) is 69.1 Å². The van der Waals surface area contributed by atoms with Crippen LogP contribution in [0.5, 0.6) is 5.75 Å². The molecule has 0 amide bonds. The molecule has 1 saturated heterocycles. The lowest BCUT2D eigenvalue weighted by Gasteiger charge is -2.18. The van der Waals surface area contributed by atoms with E-state index in [1.54, 1.807) is 24.3 Å². The van der Waals surface area contributed by atoms with Gasteiger partial charge in [0.05, 0.1) is 36.4 Å². The number of fused-ring (bicyclic) bond motifs is 1. The molecule has 158 valence electrons. The molecule has 1 fully saturated rings. The summed E-state index contributed by atoms with van der Waals surface area (Å²) in [5, 5.41) is -0.536. The molecule has 2 aromatic heterocycles. The standard InChI is InChI=1S/C20H18F3N3O3S/c1-28-12-6-4-11(5-7-12)15-9-14(20(21,22)23)16-17(24-15)26(19(30)25-18(16)27)10-13-3-2-8-29-13/h4-7,9,13H,2-3,8,10H2,1H3,(H,25,27,30). The van der Waals surface area contributed by atoms with Gasteiger partial charge in [0.15, 0.2) is 4.77 Å². The highest BCUT2D eigenvalue weighted by atomic mass is 32.1. The molecule has 10 heteroatoms. The molecule has 0 spiro atoms. The normalized spacial score (nSPS) is 16.9. The van der Waals surface area contributed by atoms with Crippen molar-refractivity contribution in [1.29, 1.82) is 0 Å². The van der Waals surface area contributed by atoms with E-state index in [9.17, 15) is 18.0 Å². The highest BCUT2D eigenvalue weighted by molar-refractivity contribution is 7.71. The molecular formula is C20H18F3N3O3S. The van der Waals surface area contributed by atoms with Crippen molar-refractivity contribution in [2.24, 2.45) is 0 Å². The van der Waals surface area contributed by atoms with Crippen LogP contribution >= 0.6 is 12.2 Å². The Bertz CT molecular complexity index is 1200. The maximum atomic E-state index is 13.9. The quantitative estimate of drug-likeness (QED) is 0.616. The zero-order valence-corrected chi connectivity index (χ0v) is 16.8. The molecule has 30 heavy (non-hydrogen) atoms. The maximum Gasteiger partial charge on any atom is 0.417 e. The molecule has 4 rings (SSSR count). The monoisotopic (exact) mass is 437 g/mol. The SMILES string of the molecule is COc1ccc(-c2cc(C(F)(F)F)c3c(=O)[nH]c(=S)n(CC4CCCO4)c3n2)cc1. The summed E-state index contributed by atoms with van der Waals surface area (Å²) in [4.78, 5) is 19.2. The summed E-state index contributed by atoms with van der Waals surface area (Å²) in [5.74, 6) is 0.563. The van der Waals surface area contributed by atoms with Gasteiger partial charge in [-0.3, -0.25) is 14.3 Å². The molecule has 3 aromatic rings. The first-order valence-corrected chi connectivity index (χ1v) is 9.70. The first kappa shape index (κ1) is 20.5. The van der Waals surface area contributed by atoms with E-state index in [0.717, 1.165) is 18.9 Å².